The van der Waals surface area contributed by atoms with Crippen LogP contribution in [0.25, 0.3) is 0 Å². The van der Waals surface area contributed by atoms with Crippen molar-refractivity contribution in [1.29, 1.82) is 0 Å². The minimum atomic E-state index is -0.668. The van der Waals surface area contributed by atoms with E-state index in [1.165, 1.54) is 0 Å². The molecule has 1 rings (SSSR count). The third-order valence-corrected chi connectivity index (χ3v) is 3.08. The molecule has 2 N–H and O–H groups in total. The summed E-state index contributed by atoms with van der Waals surface area (Å²) in [6, 6.07) is 0.396. The smallest absolute Gasteiger partial charge is 0.413 e. The van der Waals surface area contributed by atoms with Crippen LogP contribution in [0.2, 0.25) is 0 Å². The number of hydrogen-bond donors (Lipinski definition) is 2. The van der Waals surface area contributed by atoms with Crippen molar-refractivity contribution in [2.45, 2.75) is 32.2 Å². The molecule has 1 fully saturated rings. The lowest BCUT2D eigenvalue weighted by molar-refractivity contribution is -0.121. The van der Waals surface area contributed by atoms with Crippen molar-refractivity contribution in [3.63, 3.8) is 0 Å². The lowest BCUT2D eigenvalue weighted by atomic mass is 10.1. The molecular weight excluding hydrogens is 234 g/mol. The van der Waals surface area contributed by atoms with Gasteiger partial charge >= 0.3 is 6.09 Å². The molecule has 0 bridgehead atoms. The van der Waals surface area contributed by atoms with Gasteiger partial charge in [0.15, 0.2) is 0 Å². The number of imide groups is 1. The topological polar surface area (TPSA) is 70.7 Å². The lowest BCUT2D eigenvalue weighted by Crippen LogP contribution is -2.43. The average molecular weight is 257 g/mol. The highest BCUT2D eigenvalue weighted by molar-refractivity contribution is 5.92. The Morgan fingerprint density at radius 3 is 2.89 bits per heavy atom. The van der Waals surface area contributed by atoms with Gasteiger partial charge < -0.3 is 10.1 Å². The first-order valence-corrected chi connectivity index (χ1v) is 6.51. The molecule has 0 saturated carbocycles. The van der Waals surface area contributed by atoms with Gasteiger partial charge in [0.05, 0.1) is 13.2 Å². The molecule has 1 atom stereocenters. The molecule has 0 aliphatic carbocycles. The third kappa shape index (κ3) is 5.46. The molecule has 0 aromatic rings. The number of likely N-dealkylation sites (N-methyl/N-ethyl adjacent to an activating group) is 1. The normalized spacial score (nSPS) is 20.3. The molecule has 6 heteroatoms. The number of rotatable bonds is 4. The highest BCUT2D eigenvalue weighted by Crippen LogP contribution is 2.11. The molecule has 1 saturated heterocycles. The van der Waals surface area contributed by atoms with Crippen LogP contribution in [0.15, 0.2) is 0 Å². The highest BCUT2D eigenvalue weighted by atomic mass is 16.5. The predicted molar refractivity (Wildman–Crippen MR) is 68.3 cm³/mol. The zero-order valence-electron chi connectivity index (χ0n) is 11.2. The van der Waals surface area contributed by atoms with E-state index < -0.39 is 6.09 Å². The van der Waals surface area contributed by atoms with E-state index in [4.69, 9.17) is 0 Å². The van der Waals surface area contributed by atoms with Gasteiger partial charge in [-0.2, -0.15) is 0 Å². The SMILES string of the molecule is CCOC(=O)NC(=O)CN(C)C1CCCNCC1. The highest BCUT2D eigenvalue weighted by Gasteiger charge is 2.19. The number of carbonyl (C=O) groups excluding carboxylic acids is 2. The molecule has 1 aliphatic heterocycles. The zero-order valence-corrected chi connectivity index (χ0v) is 11.2. The second-order valence-electron chi connectivity index (χ2n) is 4.52. The third-order valence-electron chi connectivity index (χ3n) is 3.08. The number of alkyl carbamates (subject to hydrolysis) is 1. The van der Waals surface area contributed by atoms with Crippen molar-refractivity contribution < 1.29 is 14.3 Å². The first-order valence-electron chi connectivity index (χ1n) is 6.51. The van der Waals surface area contributed by atoms with Gasteiger partial charge in [-0.15, -0.1) is 0 Å². The van der Waals surface area contributed by atoms with E-state index in [1.54, 1.807) is 6.92 Å². The first kappa shape index (κ1) is 14.9. The quantitative estimate of drug-likeness (QED) is 0.759. The van der Waals surface area contributed by atoms with Crippen LogP contribution in [0.3, 0.4) is 0 Å². The van der Waals surface area contributed by atoms with Crippen LogP contribution in [0.4, 0.5) is 4.79 Å². The molecule has 18 heavy (non-hydrogen) atoms. The fraction of sp³-hybridized carbons (Fsp3) is 0.833. The molecule has 1 unspecified atom stereocenters. The van der Waals surface area contributed by atoms with Gasteiger partial charge in [-0.1, -0.05) is 0 Å². The van der Waals surface area contributed by atoms with Gasteiger partial charge in [-0.3, -0.25) is 15.0 Å². The van der Waals surface area contributed by atoms with E-state index in [0.717, 1.165) is 32.4 Å². The Labute approximate surface area is 108 Å². The number of nitrogens with one attached hydrogen (secondary N) is 2. The molecule has 6 nitrogen and oxygen atoms in total. The second kappa shape index (κ2) is 8.05. The van der Waals surface area contributed by atoms with E-state index in [2.05, 4.69) is 15.4 Å². The Hall–Kier alpha value is -1.14. The number of nitrogens with zero attached hydrogens (tertiary/aromatic N) is 1. The standard InChI is InChI=1S/C12H23N3O3/c1-3-18-12(17)14-11(16)9-15(2)10-5-4-7-13-8-6-10/h10,13H,3-9H2,1-2H3,(H,14,16,17). The van der Waals surface area contributed by atoms with Gasteiger partial charge in [-0.05, 0) is 46.3 Å². The summed E-state index contributed by atoms with van der Waals surface area (Å²) in [5.41, 5.74) is 0. The summed E-state index contributed by atoms with van der Waals surface area (Å²) in [6.45, 7) is 4.22. The van der Waals surface area contributed by atoms with Crippen LogP contribution in [-0.4, -0.2) is 56.2 Å². The molecule has 1 aliphatic rings. The van der Waals surface area contributed by atoms with E-state index in [9.17, 15) is 9.59 Å². The van der Waals surface area contributed by atoms with Crippen molar-refractivity contribution >= 4 is 12.0 Å². The maximum absolute atomic E-state index is 11.6. The van der Waals surface area contributed by atoms with Crippen molar-refractivity contribution in [1.82, 2.24) is 15.5 Å². The average Bonchev–Trinajstić information content (AvgIpc) is 2.57. The summed E-state index contributed by atoms with van der Waals surface area (Å²) in [4.78, 5) is 24.7. The summed E-state index contributed by atoms with van der Waals surface area (Å²) in [6.07, 6.45) is 2.56. The van der Waals surface area contributed by atoms with Crippen LogP contribution >= 0.6 is 0 Å². The molecule has 0 spiro atoms. The van der Waals surface area contributed by atoms with E-state index >= 15 is 0 Å². The second-order valence-corrected chi connectivity index (χ2v) is 4.52. The fourth-order valence-corrected chi connectivity index (χ4v) is 2.12. The summed E-state index contributed by atoms with van der Waals surface area (Å²) in [7, 11) is 1.92. The lowest BCUT2D eigenvalue weighted by Gasteiger charge is -2.25. The van der Waals surface area contributed by atoms with Crippen LogP contribution in [0, 0.1) is 0 Å². The van der Waals surface area contributed by atoms with Gasteiger partial charge in [0, 0.05) is 6.04 Å². The molecule has 0 aromatic carbocycles. The molecule has 1 heterocycles. The summed E-state index contributed by atoms with van der Waals surface area (Å²) in [5.74, 6) is -0.312. The van der Waals surface area contributed by atoms with Crippen LogP contribution in [0.1, 0.15) is 26.2 Å². The minimum Gasteiger partial charge on any atom is -0.450 e. The summed E-state index contributed by atoms with van der Waals surface area (Å²) >= 11 is 0. The van der Waals surface area contributed by atoms with Crippen molar-refractivity contribution in [3.8, 4) is 0 Å². The van der Waals surface area contributed by atoms with Gasteiger partial charge in [-0.25, -0.2) is 4.79 Å². The van der Waals surface area contributed by atoms with Crippen molar-refractivity contribution in [2.75, 3.05) is 33.3 Å². The largest absolute Gasteiger partial charge is 0.450 e. The van der Waals surface area contributed by atoms with Gasteiger partial charge in [0.25, 0.3) is 0 Å². The fourth-order valence-electron chi connectivity index (χ4n) is 2.12. The monoisotopic (exact) mass is 257 g/mol. The van der Waals surface area contributed by atoms with Crippen molar-refractivity contribution in [2.24, 2.45) is 0 Å². The minimum absolute atomic E-state index is 0.226. The number of amides is 2. The molecule has 0 radical (unpaired) electrons. The Bertz CT molecular complexity index is 276. The Kier molecular flexibility index (Phi) is 6.67. The van der Waals surface area contributed by atoms with Gasteiger partial charge in [0.2, 0.25) is 5.91 Å². The molecule has 104 valence electrons. The Morgan fingerprint density at radius 2 is 2.17 bits per heavy atom. The van der Waals surface area contributed by atoms with Crippen LogP contribution in [0.5, 0.6) is 0 Å². The summed E-state index contributed by atoms with van der Waals surface area (Å²) < 4.78 is 4.66. The van der Waals surface area contributed by atoms with E-state index in [-0.39, 0.29) is 19.1 Å². The maximum Gasteiger partial charge on any atom is 0.413 e. The number of hydrogen-bond acceptors (Lipinski definition) is 5. The predicted octanol–water partition coefficient (Wildman–Crippen LogP) is 0.333. The summed E-state index contributed by atoms with van der Waals surface area (Å²) in [5, 5.41) is 5.54. The molecular formula is C12H23N3O3. The maximum atomic E-state index is 11.6. The Morgan fingerprint density at radius 1 is 1.39 bits per heavy atom. The van der Waals surface area contributed by atoms with E-state index in [0.29, 0.717) is 6.04 Å². The van der Waals surface area contributed by atoms with E-state index in [1.807, 2.05) is 11.9 Å². The van der Waals surface area contributed by atoms with Crippen molar-refractivity contribution in [3.05, 3.63) is 0 Å². The molecule has 2 amide bonds. The van der Waals surface area contributed by atoms with Crippen LogP contribution in [-0.2, 0) is 9.53 Å². The number of carbonyl (C=O) groups is 2. The first-order chi connectivity index (χ1) is 8.63. The zero-order chi connectivity index (χ0) is 13.4. The Balaban J connectivity index is 2.31. The number of ether oxygens (including phenoxy) is 1. The van der Waals surface area contributed by atoms with Gasteiger partial charge in [0.1, 0.15) is 0 Å². The van der Waals surface area contributed by atoms with Crippen LogP contribution < -0.4 is 10.6 Å². The molecule has 0 aromatic heterocycles.